The van der Waals surface area contributed by atoms with Gasteiger partial charge in [-0.25, -0.2) is 0 Å². The summed E-state index contributed by atoms with van der Waals surface area (Å²) in [4.78, 5) is 0. The molecule has 0 fully saturated rings. The average Bonchev–Trinajstić information content (AvgIpc) is 2.82. The van der Waals surface area contributed by atoms with Gasteiger partial charge in [-0.2, -0.15) is 18.3 Å². The summed E-state index contributed by atoms with van der Waals surface area (Å²) in [6.07, 6.45) is -1.90. The van der Waals surface area contributed by atoms with Crippen molar-refractivity contribution in [2.45, 2.75) is 45.3 Å². The van der Waals surface area contributed by atoms with E-state index in [1.54, 1.807) is 6.20 Å². The van der Waals surface area contributed by atoms with Gasteiger partial charge in [0, 0.05) is 11.1 Å². The Balaban J connectivity index is 2.59. The maximum absolute atomic E-state index is 12.8. The van der Waals surface area contributed by atoms with Crippen LogP contribution in [0, 0.1) is 0 Å². The second kappa shape index (κ2) is 5.54. The molecule has 2 aromatic rings. The maximum Gasteiger partial charge on any atom is 0.408 e. The van der Waals surface area contributed by atoms with Gasteiger partial charge in [0.2, 0.25) is 0 Å². The fourth-order valence-corrected chi connectivity index (χ4v) is 2.26. The predicted molar refractivity (Wildman–Crippen MR) is 77.0 cm³/mol. The van der Waals surface area contributed by atoms with Crippen molar-refractivity contribution in [2.24, 2.45) is 0 Å². The van der Waals surface area contributed by atoms with Crippen molar-refractivity contribution in [1.29, 1.82) is 0 Å². The van der Waals surface area contributed by atoms with E-state index in [4.69, 9.17) is 0 Å². The smallest absolute Gasteiger partial charge is 0.255 e. The quantitative estimate of drug-likeness (QED) is 0.792. The van der Waals surface area contributed by atoms with Crippen molar-refractivity contribution >= 4 is 0 Å². The monoisotopic (exact) mass is 296 g/mol. The minimum Gasteiger partial charge on any atom is -0.255 e. The van der Waals surface area contributed by atoms with E-state index in [0.717, 1.165) is 22.2 Å². The van der Waals surface area contributed by atoms with E-state index in [9.17, 15) is 13.2 Å². The molecule has 0 aliphatic rings. The fourth-order valence-electron chi connectivity index (χ4n) is 2.26. The third kappa shape index (κ3) is 3.46. The van der Waals surface area contributed by atoms with Crippen LogP contribution < -0.4 is 0 Å². The highest BCUT2D eigenvalue weighted by molar-refractivity contribution is 5.64. The molecule has 2 rings (SSSR count). The van der Waals surface area contributed by atoms with Crippen molar-refractivity contribution in [3.63, 3.8) is 0 Å². The molecule has 1 aromatic heterocycles. The fraction of sp³-hybridized carbons (Fsp3) is 0.438. The van der Waals surface area contributed by atoms with Gasteiger partial charge >= 0.3 is 6.18 Å². The second-order valence-corrected chi connectivity index (χ2v) is 5.78. The number of rotatable bonds is 4. The number of hydrogen-bond acceptors (Lipinski definition) is 1. The largest absolute Gasteiger partial charge is 0.408 e. The highest BCUT2D eigenvalue weighted by atomic mass is 19.4. The van der Waals surface area contributed by atoms with Crippen molar-refractivity contribution in [3.8, 4) is 11.3 Å². The van der Waals surface area contributed by atoms with Crippen LogP contribution in [0.25, 0.3) is 11.3 Å². The van der Waals surface area contributed by atoms with Crippen molar-refractivity contribution < 1.29 is 13.2 Å². The number of hydrogen-bond donors (Lipinski definition) is 0. The highest BCUT2D eigenvalue weighted by Crippen LogP contribution is 2.36. The van der Waals surface area contributed by atoms with Crippen LogP contribution >= 0.6 is 0 Å². The van der Waals surface area contributed by atoms with E-state index in [-0.39, 0.29) is 5.41 Å². The second-order valence-electron chi connectivity index (χ2n) is 5.78. The first-order chi connectivity index (χ1) is 9.74. The molecule has 0 aliphatic heterocycles. The van der Waals surface area contributed by atoms with Crippen LogP contribution in [0.2, 0.25) is 0 Å². The standard InChI is InChI=1S/C16H19F3N2/c1-4-15(2,3)13-10-20-21(11-16(17,18)19)14(13)12-8-6-5-7-9-12/h5-10H,4,11H2,1-3H3. The summed E-state index contributed by atoms with van der Waals surface area (Å²) in [5, 5.41) is 3.99. The van der Waals surface area contributed by atoms with Gasteiger partial charge in [-0.15, -0.1) is 0 Å². The lowest BCUT2D eigenvalue weighted by Gasteiger charge is -2.24. The van der Waals surface area contributed by atoms with Crippen LogP contribution in [0.15, 0.2) is 36.5 Å². The lowest BCUT2D eigenvalue weighted by Crippen LogP contribution is -2.21. The summed E-state index contributed by atoms with van der Waals surface area (Å²) in [5.74, 6) is 0. The third-order valence-electron chi connectivity index (χ3n) is 3.83. The van der Waals surface area contributed by atoms with Crippen LogP contribution in [-0.2, 0) is 12.0 Å². The van der Waals surface area contributed by atoms with Gasteiger partial charge < -0.3 is 0 Å². The van der Waals surface area contributed by atoms with E-state index < -0.39 is 12.7 Å². The number of alkyl halides is 3. The Labute approximate surface area is 122 Å². The van der Waals surface area contributed by atoms with Crippen molar-refractivity contribution in [3.05, 3.63) is 42.1 Å². The summed E-state index contributed by atoms with van der Waals surface area (Å²) >= 11 is 0. The van der Waals surface area contributed by atoms with Crippen molar-refractivity contribution in [2.75, 3.05) is 0 Å². The summed E-state index contributed by atoms with van der Waals surface area (Å²) in [7, 11) is 0. The summed E-state index contributed by atoms with van der Waals surface area (Å²) in [6, 6.07) is 9.13. The first-order valence-corrected chi connectivity index (χ1v) is 6.93. The molecule has 0 radical (unpaired) electrons. The molecule has 114 valence electrons. The first-order valence-electron chi connectivity index (χ1n) is 6.93. The lowest BCUT2D eigenvalue weighted by atomic mass is 9.81. The van der Waals surface area contributed by atoms with E-state index in [2.05, 4.69) is 5.10 Å². The molecule has 0 saturated heterocycles. The van der Waals surface area contributed by atoms with Gasteiger partial charge in [-0.1, -0.05) is 51.1 Å². The van der Waals surface area contributed by atoms with Gasteiger partial charge in [0.15, 0.2) is 0 Å². The Hall–Kier alpha value is -1.78. The average molecular weight is 296 g/mol. The molecular weight excluding hydrogens is 277 g/mol. The number of nitrogens with zero attached hydrogens (tertiary/aromatic N) is 2. The molecule has 0 bridgehead atoms. The number of benzene rings is 1. The van der Waals surface area contributed by atoms with Gasteiger partial charge in [0.1, 0.15) is 6.54 Å². The molecule has 21 heavy (non-hydrogen) atoms. The van der Waals surface area contributed by atoms with Gasteiger partial charge in [0.05, 0.1) is 11.9 Å². The minimum absolute atomic E-state index is 0.227. The molecule has 0 spiro atoms. The molecule has 1 heterocycles. The first kappa shape index (κ1) is 15.6. The van der Waals surface area contributed by atoms with Crippen LogP contribution in [0.4, 0.5) is 13.2 Å². The third-order valence-corrected chi connectivity index (χ3v) is 3.83. The molecule has 0 N–H and O–H groups in total. The Morgan fingerprint density at radius 3 is 2.24 bits per heavy atom. The summed E-state index contributed by atoms with van der Waals surface area (Å²) in [5.41, 5.74) is 1.94. The van der Waals surface area contributed by atoms with E-state index in [1.165, 1.54) is 0 Å². The molecule has 0 amide bonds. The molecule has 2 nitrogen and oxygen atoms in total. The van der Waals surface area contributed by atoms with Gasteiger partial charge in [-0.3, -0.25) is 4.68 Å². The van der Waals surface area contributed by atoms with Gasteiger partial charge in [-0.05, 0) is 11.8 Å². The number of aromatic nitrogens is 2. The molecule has 0 aliphatic carbocycles. The molecule has 0 saturated carbocycles. The number of halogens is 3. The van der Waals surface area contributed by atoms with E-state index >= 15 is 0 Å². The zero-order valence-electron chi connectivity index (χ0n) is 12.4. The normalized spacial score (nSPS) is 12.7. The zero-order valence-corrected chi connectivity index (χ0v) is 12.4. The highest BCUT2D eigenvalue weighted by Gasteiger charge is 2.32. The maximum atomic E-state index is 12.8. The Bertz CT molecular complexity index is 598. The van der Waals surface area contributed by atoms with Crippen LogP contribution in [-0.4, -0.2) is 16.0 Å². The SMILES string of the molecule is CCC(C)(C)c1cnn(CC(F)(F)F)c1-c1ccccc1. The lowest BCUT2D eigenvalue weighted by molar-refractivity contribution is -0.142. The molecule has 1 aromatic carbocycles. The zero-order chi connectivity index (χ0) is 15.7. The minimum atomic E-state index is -4.29. The summed E-state index contributed by atoms with van der Waals surface area (Å²) in [6.45, 7) is 5.00. The van der Waals surface area contributed by atoms with E-state index in [0.29, 0.717) is 5.69 Å². The topological polar surface area (TPSA) is 17.8 Å². The Morgan fingerprint density at radius 2 is 1.71 bits per heavy atom. The molecular formula is C16H19F3N2. The van der Waals surface area contributed by atoms with Crippen LogP contribution in [0.3, 0.4) is 0 Å². The Morgan fingerprint density at radius 1 is 1.10 bits per heavy atom. The van der Waals surface area contributed by atoms with Gasteiger partial charge in [0.25, 0.3) is 0 Å². The van der Waals surface area contributed by atoms with E-state index in [1.807, 2.05) is 51.1 Å². The van der Waals surface area contributed by atoms with Crippen LogP contribution in [0.1, 0.15) is 32.8 Å². The summed E-state index contributed by atoms with van der Waals surface area (Å²) < 4.78 is 39.3. The molecule has 5 heteroatoms. The van der Waals surface area contributed by atoms with Crippen molar-refractivity contribution in [1.82, 2.24) is 9.78 Å². The van der Waals surface area contributed by atoms with Crippen LogP contribution in [0.5, 0.6) is 0 Å². The molecule has 0 unspecified atom stereocenters. The molecule has 0 atom stereocenters. The predicted octanol–water partition coefficient (Wildman–Crippen LogP) is 4.80. The Kier molecular flexibility index (Phi) is 4.12.